The standard InChI is InChI=1S/C16H19F2N7O/c17-14(18)26-13-3-2-12(22-11-13)10-23-15(19)24-6-8-25(9-7-24)16-20-4-1-5-21-16/h1-5,11,14H,6-10H2,(H2,19,23). The number of nitrogens with two attached hydrogens (primary N) is 1. The Labute approximate surface area is 149 Å². The van der Waals surface area contributed by atoms with E-state index >= 15 is 0 Å². The predicted octanol–water partition coefficient (Wildman–Crippen LogP) is 1.11. The van der Waals surface area contributed by atoms with Gasteiger partial charge in [-0.3, -0.25) is 4.98 Å². The highest BCUT2D eigenvalue weighted by molar-refractivity contribution is 5.78. The Bertz CT molecular complexity index is 719. The number of piperazine rings is 1. The molecule has 0 spiro atoms. The van der Waals surface area contributed by atoms with Crippen LogP contribution in [0.2, 0.25) is 0 Å². The molecule has 0 aromatic carbocycles. The molecule has 10 heteroatoms. The molecule has 0 bridgehead atoms. The summed E-state index contributed by atoms with van der Waals surface area (Å²) in [4.78, 5) is 20.9. The van der Waals surface area contributed by atoms with Crippen LogP contribution in [0.25, 0.3) is 0 Å². The summed E-state index contributed by atoms with van der Waals surface area (Å²) in [6.07, 6.45) is 4.68. The number of nitrogens with zero attached hydrogens (tertiary/aromatic N) is 6. The van der Waals surface area contributed by atoms with Crippen molar-refractivity contribution in [2.45, 2.75) is 13.2 Å². The molecule has 1 aliphatic heterocycles. The normalized spacial score (nSPS) is 15.4. The number of alkyl halides is 2. The maximum atomic E-state index is 12.1. The van der Waals surface area contributed by atoms with Crippen molar-refractivity contribution in [1.82, 2.24) is 19.9 Å². The van der Waals surface area contributed by atoms with Gasteiger partial charge in [0.15, 0.2) is 5.96 Å². The minimum Gasteiger partial charge on any atom is -0.433 e. The number of aliphatic imine (C=N–C) groups is 1. The predicted molar refractivity (Wildman–Crippen MR) is 92.0 cm³/mol. The first-order valence-electron chi connectivity index (χ1n) is 8.08. The van der Waals surface area contributed by atoms with Gasteiger partial charge < -0.3 is 20.3 Å². The van der Waals surface area contributed by atoms with Gasteiger partial charge in [0, 0.05) is 38.6 Å². The van der Waals surface area contributed by atoms with Gasteiger partial charge in [0.25, 0.3) is 0 Å². The molecule has 3 heterocycles. The summed E-state index contributed by atoms with van der Waals surface area (Å²) in [5.74, 6) is 1.14. The van der Waals surface area contributed by atoms with Gasteiger partial charge in [0.1, 0.15) is 5.75 Å². The van der Waals surface area contributed by atoms with E-state index in [1.165, 1.54) is 12.3 Å². The highest BCUT2D eigenvalue weighted by Crippen LogP contribution is 2.13. The number of hydrogen-bond acceptors (Lipinski definition) is 6. The van der Waals surface area contributed by atoms with Crippen molar-refractivity contribution in [3.05, 3.63) is 42.5 Å². The maximum absolute atomic E-state index is 12.1. The second-order valence-electron chi connectivity index (χ2n) is 5.56. The number of rotatable bonds is 5. The number of aromatic nitrogens is 3. The zero-order valence-corrected chi connectivity index (χ0v) is 14.0. The topological polar surface area (TPSA) is 92.8 Å². The Morgan fingerprint density at radius 1 is 1.15 bits per heavy atom. The summed E-state index contributed by atoms with van der Waals surface area (Å²) in [7, 11) is 0. The van der Waals surface area contributed by atoms with Crippen LogP contribution in [-0.2, 0) is 6.54 Å². The maximum Gasteiger partial charge on any atom is 0.387 e. The monoisotopic (exact) mass is 363 g/mol. The minimum absolute atomic E-state index is 0.0138. The second kappa shape index (κ2) is 8.37. The van der Waals surface area contributed by atoms with Gasteiger partial charge in [-0.15, -0.1) is 0 Å². The Morgan fingerprint density at radius 2 is 1.88 bits per heavy atom. The van der Waals surface area contributed by atoms with Crippen LogP contribution in [0.4, 0.5) is 14.7 Å². The van der Waals surface area contributed by atoms with Crippen LogP contribution in [0.5, 0.6) is 5.75 Å². The molecule has 0 radical (unpaired) electrons. The molecule has 1 fully saturated rings. The number of pyridine rings is 1. The fourth-order valence-electron chi connectivity index (χ4n) is 2.53. The second-order valence-corrected chi connectivity index (χ2v) is 5.56. The lowest BCUT2D eigenvalue weighted by molar-refractivity contribution is -0.0500. The summed E-state index contributed by atoms with van der Waals surface area (Å²) in [6, 6.07) is 4.79. The number of ether oxygens (including phenoxy) is 1. The van der Waals surface area contributed by atoms with Crippen molar-refractivity contribution >= 4 is 11.9 Å². The highest BCUT2D eigenvalue weighted by Gasteiger charge is 2.19. The molecule has 1 aliphatic rings. The molecule has 0 atom stereocenters. The molecule has 1 saturated heterocycles. The SMILES string of the molecule is NC(=NCc1ccc(OC(F)F)cn1)N1CCN(c2ncccn2)CC1. The average molecular weight is 363 g/mol. The van der Waals surface area contributed by atoms with Crippen LogP contribution < -0.4 is 15.4 Å². The van der Waals surface area contributed by atoms with Crippen LogP contribution in [0.15, 0.2) is 41.8 Å². The molecule has 0 amide bonds. The summed E-state index contributed by atoms with van der Waals surface area (Å²) < 4.78 is 28.5. The first kappa shape index (κ1) is 17.8. The van der Waals surface area contributed by atoms with Gasteiger partial charge in [-0.1, -0.05) is 0 Å². The van der Waals surface area contributed by atoms with Gasteiger partial charge in [-0.25, -0.2) is 15.0 Å². The lowest BCUT2D eigenvalue weighted by Gasteiger charge is -2.35. The van der Waals surface area contributed by atoms with E-state index in [0.29, 0.717) is 30.7 Å². The molecular formula is C16H19F2N7O. The average Bonchev–Trinajstić information content (AvgIpc) is 2.67. The number of guanidine groups is 1. The van der Waals surface area contributed by atoms with Crippen LogP contribution >= 0.6 is 0 Å². The molecule has 26 heavy (non-hydrogen) atoms. The van der Waals surface area contributed by atoms with E-state index in [1.807, 2.05) is 4.90 Å². The van der Waals surface area contributed by atoms with Crippen molar-refractivity contribution in [2.24, 2.45) is 10.7 Å². The van der Waals surface area contributed by atoms with Gasteiger partial charge in [-0.2, -0.15) is 8.78 Å². The molecular weight excluding hydrogens is 344 g/mol. The van der Waals surface area contributed by atoms with Crippen molar-refractivity contribution in [2.75, 3.05) is 31.1 Å². The van der Waals surface area contributed by atoms with Crippen LogP contribution in [-0.4, -0.2) is 58.6 Å². The first-order valence-corrected chi connectivity index (χ1v) is 8.08. The van der Waals surface area contributed by atoms with Gasteiger partial charge >= 0.3 is 6.61 Å². The van der Waals surface area contributed by atoms with E-state index < -0.39 is 6.61 Å². The Kier molecular flexibility index (Phi) is 5.72. The molecule has 0 aliphatic carbocycles. The van der Waals surface area contributed by atoms with Gasteiger partial charge in [-0.05, 0) is 18.2 Å². The number of hydrogen-bond donors (Lipinski definition) is 1. The molecule has 0 unspecified atom stereocenters. The molecule has 8 nitrogen and oxygen atoms in total. The third-order valence-corrected chi connectivity index (χ3v) is 3.86. The third kappa shape index (κ3) is 4.74. The Hall–Kier alpha value is -3.04. The van der Waals surface area contributed by atoms with Crippen molar-refractivity contribution < 1.29 is 13.5 Å². The zero-order valence-electron chi connectivity index (χ0n) is 14.0. The van der Waals surface area contributed by atoms with Gasteiger partial charge in [0.05, 0.1) is 18.4 Å². The van der Waals surface area contributed by atoms with E-state index in [1.54, 1.807) is 24.5 Å². The fraction of sp³-hybridized carbons (Fsp3) is 0.375. The molecule has 2 N–H and O–H groups in total. The molecule has 138 valence electrons. The van der Waals surface area contributed by atoms with Crippen LogP contribution in [0.1, 0.15) is 5.69 Å². The summed E-state index contributed by atoms with van der Waals surface area (Å²) in [5.41, 5.74) is 6.67. The van der Waals surface area contributed by atoms with E-state index in [-0.39, 0.29) is 12.3 Å². The molecule has 0 saturated carbocycles. The van der Waals surface area contributed by atoms with Crippen molar-refractivity contribution in [3.8, 4) is 5.75 Å². The summed E-state index contributed by atoms with van der Waals surface area (Å²) in [5, 5.41) is 0. The van der Waals surface area contributed by atoms with Crippen molar-refractivity contribution in [3.63, 3.8) is 0 Å². The number of halogens is 2. The lowest BCUT2D eigenvalue weighted by Crippen LogP contribution is -2.51. The fourth-order valence-corrected chi connectivity index (χ4v) is 2.53. The van der Waals surface area contributed by atoms with E-state index in [9.17, 15) is 8.78 Å². The van der Waals surface area contributed by atoms with E-state index in [0.717, 1.165) is 13.1 Å². The van der Waals surface area contributed by atoms with Crippen LogP contribution in [0.3, 0.4) is 0 Å². The molecule has 3 rings (SSSR count). The number of anilines is 1. The summed E-state index contributed by atoms with van der Waals surface area (Å²) >= 11 is 0. The van der Waals surface area contributed by atoms with Crippen LogP contribution in [0, 0.1) is 0 Å². The van der Waals surface area contributed by atoms with E-state index in [4.69, 9.17) is 5.73 Å². The largest absolute Gasteiger partial charge is 0.433 e. The minimum atomic E-state index is -2.86. The van der Waals surface area contributed by atoms with Gasteiger partial charge in [0.2, 0.25) is 5.95 Å². The third-order valence-electron chi connectivity index (χ3n) is 3.86. The Balaban J connectivity index is 1.51. The smallest absolute Gasteiger partial charge is 0.387 e. The molecule has 2 aromatic heterocycles. The molecule has 2 aromatic rings. The lowest BCUT2D eigenvalue weighted by atomic mass is 10.3. The quantitative estimate of drug-likeness (QED) is 0.628. The first-order chi connectivity index (χ1) is 12.6. The Morgan fingerprint density at radius 3 is 2.50 bits per heavy atom. The summed E-state index contributed by atoms with van der Waals surface area (Å²) in [6.45, 7) is 0.319. The van der Waals surface area contributed by atoms with E-state index in [2.05, 4.69) is 29.6 Å². The highest BCUT2D eigenvalue weighted by atomic mass is 19.3. The van der Waals surface area contributed by atoms with Crippen molar-refractivity contribution in [1.29, 1.82) is 0 Å². The zero-order chi connectivity index (χ0) is 18.4.